The summed E-state index contributed by atoms with van der Waals surface area (Å²) in [6.07, 6.45) is 6.34. The number of imidazole rings is 1. The summed E-state index contributed by atoms with van der Waals surface area (Å²) in [5.74, 6) is 0. The second-order valence-electron chi connectivity index (χ2n) is 4.22. The van der Waals surface area contributed by atoms with E-state index in [2.05, 4.69) is 10.3 Å². The fourth-order valence-electron chi connectivity index (χ4n) is 1.77. The first-order chi connectivity index (χ1) is 9.25. The minimum atomic E-state index is -0.382. The lowest BCUT2D eigenvalue weighted by Gasteiger charge is -2.05. The van der Waals surface area contributed by atoms with Crippen LogP contribution in [0.25, 0.3) is 0 Å². The van der Waals surface area contributed by atoms with Crippen LogP contribution in [-0.2, 0) is 13.0 Å². The van der Waals surface area contributed by atoms with Crippen molar-refractivity contribution in [2.24, 2.45) is 0 Å². The summed E-state index contributed by atoms with van der Waals surface area (Å²) in [6.45, 7) is 2.62. The molecule has 0 unspecified atom stereocenters. The number of benzene rings is 1. The Kier molecular flexibility index (Phi) is 4.63. The molecule has 1 aromatic heterocycles. The largest absolute Gasteiger partial charge is 0.336 e. The van der Waals surface area contributed by atoms with Gasteiger partial charge in [-0.1, -0.05) is 12.1 Å². The monoisotopic (exact) mass is 260 g/mol. The van der Waals surface area contributed by atoms with Crippen molar-refractivity contribution in [1.29, 1.82) is 0 Å². The minimum Gasteiger partial charge on any atom is -0.336 e. The summed E-state index contributed by atoms with van der Waals surface area (Å²) >= 11 is 0. The van der Waals surface area contributed by atoms with Gasteiger partial charge >= 0.3 is 0 Å². The van der Waals surface area contributed by atoms with Crippen LogP contribution in [0.15, 0.2) is 43.0 Å². The minimum absolute atomic E-state index is 0.136. The van der Waals surface area contributed by atoms with E-state index < -0.39 is 0 Å². The van der Waals surface area contributed by atoms with Gasteiger partial charge in [0.15, 0.2) is 0 Å². The molecule has 0 fully saturated rings. The number of nitro groups is 1. The zero-order chi connectivity index (χ0) is 13.5. The molecule has 2 rings (SSSR count). The van der Waals surface area contributed by atoms with Crippen LogP contribution in [0.1, 0.15) is 5.56 Å². The topological polar surface area (TPSA) is 73.0 Å². The molecule has 2 aromatic rings. The average Bonchev–Trinajstić information content (AvgIpc) is 2.92. The SMILES string of the molecule is O=[N+]([O-])c1ccc(CCNCCn2ccnc2)cc1. The molecular formula is C13H16N4O2. The van der Waals surface area contributed by atoms with Crippen LogP contribution in [0.2, 0.25) is 0 Å². The number of rotatable bonds is 7. The molecule has 0 saturated heterocycles. The fraction of sp³-hybridized carbons (Fsp3) is 0.308. The molecule has 0 radical (unpaired) electrons. The molecule has 0 aliphatic rings. The zero-order valence-electron chi connectivity index (χ0n) is 10.5. The predicted molar refractivity (Wildman–Crippen MR) is 71.9 cm³/mol. The Bertz CT molecular complexity index is 508. The van der Waals surface area contributed by atoms with Gasteiger partial charge < -0.3 is 9.88 Å². The quantitative estimate of drug-likeness (QED) is 0.466. The predicted octanol–water partition coefficient (Wildman–Crippen LogP) is 1.62. The molecule has 19 heavy (non-hydrogen) atoms. The second-order valence-corrected chi connectivity index (χ2v) is 4.22. The van der Waals surface area contributed by atoms with Crippen LogP contribution in [0.4, 0.5) is 5.69 Å². The first-order valence-electron chi connectivity index (χ1n) is 6.15. The maximum absolute atomic E-state index is 10.5. The van der Waals surface area contributed by atoms with Gasteiger partial charge in [0.05, 0.1) is 11.3 Å². The average molecular weight is 260 g/mol. The van der Waals surface area contributed by atoms with E-state index in [0.29, 0.717) is 0 Å². The van der Waals surface area contributed by atoms with E-state index in [1.54, 1.807) is 36.8 Å². The fourth-order valence-corrected chi connectivity index (χ4v) is 1.77. The second kappa shape index (κ2) is 6.65. The molecule has 6 heteroatoms. The van der Waals surface area contributed by atoms with Crippen LogP contribution < -0.4 is 5.32 Å². The number of hydrogen-bond donors (Lipinski definition) is 1. The Hall–Kier alpha value is -2.21. The van der Waals surface area contributed by atoms with E-state index in [9.17, 15) is 10.1 Å². The highest BCUT2D eigenvalue weighted by Gasteiger charge is 2.03. The maximum atomic E-state index is 10.5. The van der Waals surface area contributed by atoms with Crippen molar-refractivity contribution < 1.29 is 4.92 Å². The highest BCUT2D eigenvalue weighted by Crippen LogP contribution is 2.11. The lowest BCUT2D eigenvalue weighted by molar-refractivity contribution is -0.384. The zero-order valence-corrected chi connectivity index (χ0v) is 10.5. The highest BCUT2D eigenvalue weighted by molar-refractivity contribution is 5.32. The highest BCUT2D eigenvalue weighted by atomic mass is 16.6. The van der Waals surface area contributed by atoms with Crippen LogP contribution in [0, 0.1) is 10.1 Å². The third-order valence-electron chi connectivity index (χ3n) is 2.84. The molecule has 0 aliphatic heterocycles. The number of nitro benzene ring substituents is 1. The van der Waals surface area contributed by atoms with E-state index in [-0.39, 0.29) is 10.6 Å². The van der Waals surface area contributed by atoms with Crippen LogP contribution >= 0.6 is 0 Å². The molecule has 0 spiro atoms. The van der Waals surface area contributed by atoms with Crippen molar-refractivity contribution in [3.05, 3.63) is 58.7 Å². The van der Waals surface area contributed by atoms with E-state index in [4.69, 9.17) is 0 Å². The molecule has 0 bridgehead atoms. The molecule has 6 nitrogen and oxygen atoms in total. The molecule has 1 heterocycles. The van der Waals surface area contributed by atoms with Crippen molar-refractivity contribution in [2.45, 2.75) is 13.0 Å². The molecule has 1 N–H and O–H groups in total. The summed E-state index contributed by atoms with van der Waals surface area (Å²) in [5.41, 5.74) is 1.23. The summed E-state index contributed by atoms with van der Waals surface area (Å²) in [6, 6.07) is 6.69. The van der Waals surface area contributed by atoms with Gasteiger partial charge in [0.2, 0.25) is 0 Å². The first-order valence-corrected chi connectivity index (χ1v) is 6.15. The summed E-state index contributed by atoms with van der Waals surface area (Å²) in [5, 5.41) is 13.8. The Balaban J connectivity index is 1.66. The Morgan fingerprint density at radius 1 is 1.26 bits per heavy atom. The molecule has 100 valence electrons. The first kappa shape index (κ1) is 13.2. The molecule has 0 saturated carbocycles. The van der Waals surface area contributed by atoms with Gasteiger partial charge in [-0.15, -0.1) is 0 Å². The Morgan fingerprint density at radius 2 is 2.05 bits per heavy atom. The van der Waals surface area contributed by atoms with E-state index in [1.807, 2.05) is 10.8 Å². The molecule has 0 amide bonds. The maximum Gasteiger partial charge on any atom is 0.269 e. The van der Waals surface area contributed by atoms with Crippen LogP contribution in [-0.4, -0.2) is 27.6 Å². The Labute approximate surface area is 111 Å². The molecule has 0 atom stereocenters. The number of hydrogen-bond acceptors (Lipinski definition) is 4. The van der Waals surface area contributed by atoms with Crippen molar-refractivity contribution in [3.8, 4) is 0 Å². The van der Waals surface area contributed by atoms with Crippen molar-refractivity contribution in [3.63, 3.8) is 0 Å². The van der Waals surface area contributed by atoms with Gasteiger partial charge in [0.1, 0.15) is 0 Å². The van der Waals surface area contributed by atoms with Gasteiger partial charge in [-0.3, -0.25) is 10.1 Å². The number of nitrogens with zero attached hydrogens (tertiary/aromatic N) is 3. The van der Waals surface area contributed by atoms with Gasteiger partial charge in [-0.25, -0.2) is 4.98 Å². The van der Waals surface area contributed by atoms with Gasteiger partial charge in [-0.05, 0) is 18.5 Å². The van der Waals surface area contributed by atoms with Gasteiger partial charge in [-0.2, -0.15) is 0 Å². The van der Waals surface area contributed by atoms with E-state index >= 15 is 0 Å². The summed E-state index contributed by atoms with van der Waals surface area (Å²) in [7, 11) is 0. The Morgan fingerprint density at radius 3 is 2.68 bits per heavy atom. The number of aromatic nitrogens is 2. The molecule has 1 aromatic carbocycles. The molecule has 0 aliphatic carbocycles. The normalized spacial score (nSPS) is 10.5. The smallest absolute Gasteiger partial charge is 0.269 e. The van der Waals surface area contributed by atoms with Gasteiger partial charge in [0, 0.05) is 37.6 Å². The van der Waals surface area contributed by atoms with Crippen molar-refractivity contribution >= 4 is 5.69 Å². The lowest BCUT2D eigenvalue weighted by atomic mass is 10.1. The standard InChI is InChI=1S/C13H16N4O2/c18-17(19)13-3-1-12(2-4-13)5-6-14-7-9-16-10-8-15-11-16/h1-4,8,10-11,14H,5-7,9H2. The van der Waals surface area contributed by atoms with E-state index in [1.165, 1.54) is 0 Å². The molecular weight excluding hydrogens is 244 g/mol. The number of non-ortho nitro benzene ring substituents is 1. The summed E-state index contributed by atoms with van der Waals surface area (Å²) in [4.78, 5) is 14.1. The van der Waals surface area contributed by atoms with Crippen LogP contribution in [0.5, 0.6) is 0 Å². The summed E-state index contributed by atoms with van der Waals surface area (Å²) < 4.78 is 2.01. The third-order valence-corrected chi connectivity index (χ3v) is 2.84. The van der Waals surface area contributed by atoms with E-state index in [0.717, 1.165) is 31.6 Å². The number of nitrogens with one attached hydrogen (secondary N) is 1. The van der Waals surface area contributed by atoms with Crippen molar-refractivity contribution in [1.82, 2.24) is 14.9 Å². The van der Waals surface area contributed by atoms with Crippen molar-refractivity contribution in [2.75, 3.05) is 13.1 Å². The third kappa shape index (κ3) is 4.18. The lowest BCUT2D eigenvalue weighted by Crippen LogP contribution is -2.21. The van der Waals surface area contributed by atoms with Gasteiger partial charge in [0.25, 0.3) is 5.69 Å². The van der Waals surface area contributed by atoms with Crippen LogP contribution in [0.3, 0.4) is 0 Å².